The van der Waals surface area contributed by atoms with Crippen LogP contribution in [0.1, 0.15) is 38.2 Å². The van der Waals surface area contributed by atoms with E-state index in [-0.39, 0.29) is 17.2 Å². The number of ether oxygens (including phenoxy) is 1. The highest BCUT2D eigenvalue weighted by atomic mass is 16.5. The van der Waals surface area contributed by atoms with Crippen molar-refractivity contribution >= 4 is 17.4 Å². The number of hydrogen-bond acceptors (Lipinski definition) is 4. The molecule has 1 aliphatic carbocycles. The third-order valence-electron chi connectivity index (χ3n) is 4.11. The highest BCUT2D eigenvalue weighted by Crippen LogP contribution is 2.39. The molecule has 4 N–H and O–H groups in total. The molecule has 114 valence electrons. The number of amidine groups is 1. The molecule has 1 saturated carbocycles. The summed E-state index contributed by atoms with van der Waals surface area (Å²) in [5, 5.41) is 14.6. The molecule has 6 heteroatoms. The van der Waals surface area contributed by atoms with Crippen molar-refractivity contribution in [2.75, 3.05) is 12.4 Å². The summed E-state index contributed by atoms with van der Waals surface area (Å²) in [7, 11) is 1.51. The summed E-state index contributed by atoms with van der Waals surface area (Å²) < 4.78 is 5.27. The van der Waals surface area contributed by atoms with Crippen LogP contribution >= 0.6 is 0 Å². The normalized spacial score (nSPS) is 17.5. The number of methoxy groups -OCH3 is 1. The number of carbonyl (C=O) groups is 1. The van der Waals surface area contributed by atoms with E-state index in [1.807, 2.05) is 6.92 Å². The number of hydrogen-bond donors (Lipinski definition) is 3. The van der Waals surface area contributed by atoms with E-state index >= 15 is 0 Å². The van der Waals surface area contributed by atoms with Crippen LogP contribution in [0.25, 0.3) is 0 Å². The lowest BCUT2D eigenvalue weighted by molar-refractivity contribution is -0.124. The standard InChI is InChI=1S/C15H21N3O3/c1-15(7-3-4-8-15)14(19)17-11-6-5-10(13(16)18-20)9-12(11)21-2/h5-6,9,20H,3-4,7-8H2,1-2H3,(H2,16,18)(H,17,19). The molecule has 1 aliphatic rings. The number of nitrogens with zero attached hydrogens (tertiary/aromatic N) is 1. The first-order valence-electron chi connectivity index (χ1n) is 6.97. The second-order valence-corrected chi connectivity index (χ2v) is 5.62. The zero-order chi connectivity index (χ0) is 15.5. The molecule has 2 rings (SSSR count). The van der Waals surface area contributed by atoms with E-state index < -0.39 is 0 Å². The number of amides is 1. The van der Waals surface area contributed by atoms with Gasteiger partial charge in [-0.05, 0) is 31.0 Å². The fraction of sp³-hybridized carbons (Fsp3) is 0.467. The third-order valence-corrected chi connectivity index (χ3v) is 4.11. The summed E-state index contributed by atoms with van der Waals surface area (Å²) in [6, 6.07) is 4.99. The van der Waals surface area contributed by atoms with Gasteiger partial charge in [0.25, 0.3) is 0 Å². The van der Waals surface area contributed by atoms with Crippen LogP contribution in [0.15, 0.2) is 23.4 Å². The molecule has 0 aromatic heterocycles. The Morgan fingerprint density at radius 1 is 1.43 bits per heavy atom. The van der Waals surface area contributed by atoms with Gasteiger partial charge in [-0.15, -0.1) is 0 Å². The van der Waals surface area contributed by atoms with Crippen LogP contribution in [0.5, 0.6) is 5.75 Å². The van der Waals surface area contributed by atoms with Crippen LogP contribution in [0.2, 0.25) is 0 Å². The molecule has 6 nitrogen and oxygen atoms in total. The van der Waals surface area contributed by atoms with E-state index in [0.717, 1.165) is 25.7 Å². The van der Waals surface area contributed by atoms with Crippen molar-refractivity contribution in [1.29, 1.82) is 0 Å². The van der Waals surface area contributed by atoms with Gasteiger partial charge in [0.1, 0.15) is 5.75 Å². The van der Waals surface area contributed by atoms with Gasteiger partial charge in [0, 0.05) is 11.0 Å². The molecule has 0 aliphatic heterocycles. The smallest absolute Gasteiger partial charge is 0.230 e. The van der Waals surface area contributed by atoms with Crippen LogP contribution in [0.3, 0.4) is 0 Å². The number of oxime groups is 1. The number of benzene rings is 1. The first kappa shape index (κ1) is 15.2. The predicted molar refractivity (Wildman–Crippen MR) is 80.7 cm³/mol. The van der Waals surface area contributed by atoms with Crippen molar-refractivity contribution in [2.45, 2.75) is 32.6 Å². The Bertz CT molecular complexity index is 563. The molecule has 0 atom stereocenters. The van der Waals surface area contributed by atoms with E-state index in [1.54, 1.807) is 18.2 Å². The molecule has 0 unspecified atom stereocenters. The molecule has 0 bridgehead atoms. The Labute approximate surface area is 124 Å². The number of anilines is 1. The largest absolute Gasteiger partial charge is 0.495 e. The van der Waals surface area contributed by atoms with Gasteiger partial charge in [-0.25, -0.2) is 0 Å². The molecule has 0 saturated heterocycles. The minimum atomic E-state index is -0.310. The first-order chi connectivity index (χ1) is 10.00. The lowest BCUT2D eigenvalue weighted by Crippen LogP contribution is -2.31. The molecule has 1 fully saturated rings. The maximum Gasteiger partial charge on any atom is 0.230 e. The maximum absolute atomic E-state index is 12.4. The van der Waals surface area contributed by atoms with Gasteiger partial charge in [-0.2, -0.15) is 0 Å². The van der Waals surface area contributed by atoms with Crippen LogP contribution in [-0.2, 0) is 4.79 Å². The highest BCUT2D eigenvalue weighted by Gasteiger charge is 2.36. The van der Waals surface area contributed by atoms with E-state index in [4.69, 9.17) is 15.7 Å². The van der Waals surface area contributed by atoms with Gasteiger partial charge < -0.3 is 21.0 Å². The zero-order valence-corrected chi connectivity index (χ0v) is 12.3. The van der Waals surface area contributed by atoms with Gasteiger partial charge in [0.2, 0.25) is 5.91 Å². The molecule has 1 amide bonds. The van der Waals surface area contributed by atoms with Gasteiger partial charge in [-0.1, -0.05) is 24.9 Å². The van der Waals surface area contributed by atoms with Gasteiger partial charge in [0.05, 0.1) is 12.8 Å². The van der Waals surface area contributed by atoms with Gasteiger partial charge in [0.15, 0.2) is 5.84 Å². The van der Waals surface area contributed by atoms with Crippen LogP contribution in [-0.4, -0.2) is 24.1 Å². The van der Waals surface area contributed by atoms with Crippen molar-refractivity contribution in [2.24, 2.45) is 16.3 Å². The Hall–Kier alpha value is -2.24. The molecule has 21 heavy (non-hydrogen) atoms. The monoisotopic (exact) mass is 291 g/mol. The van der Waals surface area contributed by atoms with Crippen molar-refractivity contribution < 1.29 is 14.7 Å². The SMILES string of the molecule is COc1cc(/C(N)=N/O)ccc1NC(=O)C1(C)CCCC1. The summed E-state index contributed by atoms with van der Waals surface area (Å²) in [5.74, 6) is 0.484. The minimum Gasteiger partial charge on any atom is -0.495 e. The van der Waals surface area contributed by atoms with Crippen LogP contribution < -0.4 is 15.8 Å². The van der Waals surface area contributed by atoms with E-state index in [0.29, 0.717) is 17.0 Å². The lowest BCUT2D eigenvalue weighted by atomic mass is 9.88. The Morgan fingerprint density at radius 3 is 2.67 bits per heavy atom. The number of carbonyl (C=O) groups excluding carboxylic acids is 1. The summed E-state index contributed by atoms with van der Waals surface area (Å²) in [6.45, 7) is 1.99. The zero-order valence-electron chi connectivity index (χ0n) is 12.3. The number of rotatable bonds is 4. The predicted octanol–water partition coefficient (Wildman–Crippen LogP) is 2.31. The first-order valence-corrected chi connectivity index (χ1v) is 6.97. The molecule has 1 aromatic carbocycles. The number of nitrogens with one attached hydrogen (secondary N) is 1. The molecule has 0 radical (unpaired) electrons. The van der Waals surface area contributed by atoms with E-state index in [2.05, 4.69) is 10.5 Å². The molecule has 1 aromatic rings. The topological polar surface area (TPSA) is 96.9 Å². The van der Waals surface area contributed by atoms with E-state index in [9.17, 15) is 4.79 Å². The average molecular weight is 291 g/mol. The van der Waals surface area contributed by atoms with Crippen molar-refractivity contribution in [3.8, 4) is 5.75 Å². The Balaban J connectivity index is 2.22. The summed E-state index contributed by atoms with van der Waals surface area (Å²) in [4.78, 5) is 12.4. The van der Waals surface area contributed by atoms with Crippen molar-refractivity contribution in [3.05, 3.63) is 23.8 Å². The summed E-state index contributed by atoms with van der Waals surface area (Å²) >= 11 is 0. The van der Waals surface area contributed by atoms with Gasteiger partial charge in [-0.3, -0.25) is 4.79 Å². The molecule has 0 heterocycles. The Kier molecular flexibility index (Phi) is 4.35. The van der Waals surface area contributed by atoms with Crippen LogP contribution in [0.4, 0.5) is 5.69 Å². The van der Waals surface area contributed by atoms with Crippen LogP contribution in [0, 0.1) is 5.41 Å². The molecular weight excluding hydrogens is 270 g/mol. The average Bonchev–Trinajstić information content (AvgIpc) is 2.95. The second-order valence-electron chi connectivity index (χ2n) is 5.62. The molecule has 0 spiro atoms. The fourth-order valence-corrected chi connectivity index (χ4v) is 2.67. The third kappa shape index (κ3) is 3.09. The van der Waals surface area contributed by atoms with Crippen molar-refractivity contribution in [1.82, 2.24) is 0 Å². The fourth-order valence-electron chi connectivity index (χ4n) is 2.67. The van der Waals surface area contributed by atoms with E-state index in [1.165, 1.54) is 7.11 Å². The highest BCUT2D eigenvalue weighted by molar-refractivity contribution is 6.00. The Morgan fingerprint density at radius 2 is 2.10 bits per heavy atom. The second kappa shape index (κ2) is 6.03. The van der Waals surface area contributed by atoms with Gasteiger partial charge >= 0.3 is 0 Å². The minimum absolute atomic E-state index is 0.00562. The maximum atomic E-state index is 12.4. The quantitative estimate of drug-likeness (QED) is 0.343. The summed E-state index contributed by atoms with van der Waals surface area (Å²) in [6.07, 6.45) is 3.99. The summed E-state index contributed by atoms with van der Waals surface area (Å²) in [5.41, 5.74) is 6.35. The number of nitrogens with two attached hydrogens (primary N) is 1. The van der Waals surface area contributed by atoms with Crippen molar-refractivity contribution in [3.63, 3.8) is 0 Å². The lowest BCUT2D eigenvalue weighted by Gasteiger charge is -2.23. The molecular formula is C15H21N3O3.